The molecule has 0 aliphatic carbocycles. The average Bonchev–Trinajstić information content (AvgIpc) is 2.94. The van der Waals surface area contributed by atoms with E-state index in [1.54, 1.807) is 6.92 Å². The topological polar surface area (TPSA) is 119 Å². The van der Waals surface area contributed by atoms with Gasteiger partial charge in [0, 0.05) is 11.4 Å². The van der Waals surface area contributed by atoms with Gasteiger partial charge in [-0.2, -0.15) is 0 Å². The van der Waals surface area contributed by atoms with Crippen LogP contribution in [-0.4, -0.2) is 21.8 Å². The van der Waals surface area contributed by atoms with Crippen molar-refractivity contribution in [2.24, 2.45) is 5.14 Å². The number of sulfonamides is 2. The van der Waals surface area contributed by atoms with Gasteiger partial charge in [0.05, 0.1) is 11.2 Å². The van der Waals surface area contributed by atoms with Crippen LogP contribution in [0.15, 0.2) is 26.7 Å². The standard InChI is InChI=1S/C9H11N3O4S4/c1-6-11-5-9(17-6)20(15,16)12-4-7-2-3-8(18-7)19(10,13)14/h2-3,5,12H,4H2,1H3,(H2,10,13,14). The van der Waals surface area contributed by atoms with Crippen molar-refractivity contribution in [1.82, 2.24) is 9.71 Å². The molecular formula is C9H11N3O4S4. The molecule has 3 N–H and O–H groups in total. The van der Waals surface area contributed by atoms with Crippen LogP contribution >= 0.6 is 22.7 Å². The minimum atomic E-state index is -3.75. The third-order valence-corrected chi connectivity index (χ3v) is 7.52. The summed E-state index contributed by atoms with van der Waals surface area (Å²) in [6.07, 6.45) is 1.28. The molecule has 7 nitrogen and oxygen atoms in total. The Labute approximate surface area is 124 Å². The van der Waals surface area contributed by atoms with E-state index in [0.29, 0.717) is 9.88 Å². The maximum absolute atomic E-state index is 11.9. The van der Waals surface area contributed by atoms with Crippen molar-refractivity contribution < 1.29 is 16.8 Å². The van der Waals surface area contributed by atoms with Crippen LogP contribution in [0.1, 0.15) is 9.88 Å². The van der Waals surface area contributed by atoms with Crippen LogP contribution in [0.25, 0.3) is 0 Å². The molecule has 20 heavy (non-hydrogen) atoms. The van der Waals surface area contributed by atoms with Gasteiger partial charge in [0.25, 0.3) is 10.0 Å². The minimum absolute atomic E-state index is 0.000308. The fourth-order valence-electron chi connectivity index (χ4n) is 1.31. The fraction of sp³-hybridized carbons (Fsp3) is 0.222. The fourth-order valence-corrected chi connectivity index (χ4v) is 5.28. The monoisotopic (exact) mass is 353 g/mol. The first-order valence-electron chi connectivity index (χ1n) is 5.22. The second-order valence-electron chi connectivity index (χ2n) is 3.79. The average molecular weight is 353 g/mol. The van der Waals surface area contributed by atoms with Gasteiger partial charge in [0.2, 0.25) is 10.0 Å². The summed E-state index contributed by atoms with van der Waals surface area (Å²) in [5.41, 5.74) is 0. The van der Waals surface area contributed by atoms with Crippen LogP contribution < -0.4 is 9.86 Å². The molecule has 0 bridgehead atoms. The Morgan fingerprint density at radius 3 is 2.40 bits per heavy atom. The molecule has 2 heterocycles. The highest BCUT2D eigenvalue weighted by molar-refractivity contribution is 7.91. The van der Waals surface area contributed by atoms with Crippen LogP contribution in [-0.2, 0) is 26.6 Å². The van der Waals surface area contributed by atoms with Crippen molar-refractivity contribution >= 4 is 42.7 Å². The van der Waals surface area contributed by atoms with Crippen molar-refractivity contribution in [3.8, 4) is 0 Å². The van der Waals surface area contributed by atoms with Gasteiger partial charge in [-0.25, -0.2) is 31.7 Å². The first-order chi connectivity index (χ1) is 9.18. The third-order valence-electron chi connectivity index (χ3n) is 2.22. The zero-order valence-corrected chi connectivity index (χ0v) is 13.5. The maximum atomic E-state index is 11.9. The van der Waals surface area contributed by atoms with E-state index in [9.17, 15) is 16.8 Å². The van der Waals surface area contributed by atoms with E-state index in [1.165, 1.54) is 18.3 Å². The lowest BCUT2D eigenvalue weighted by Crippen LogP contribution is -2.21. The van der Waals surface area contributed by atoms with Crippen molar-refractivity contribution in [1.29, 1.82) is 0 Å². The molecule has 2 aromatic rings. The van der Waals surface area contributed by atoms with E-state index in [-0.39, 0.29) is 15.0 Å². The van der Waals surface area contributed by atoms with E-state index >= 15 is 0 Å². The smallest absolute Gasteiger partial charge is 0.249 e. The number of thiophene rings is 1. The summed E-state index contributed by atoms with van der Waals surface area (Å²) < 4.78 is 48.6. The Balaban J connectivity index is 2.11. The highest BCUT2D eigenvalue weighted by Crippen LogP contribution is 2.22. The largest absolute Gasteiger partial charge is 0.252 e. The maximum Gasteiger partial charge on any atom is 0.252 e. The van der Waals surface area contributed by atoms with Gasteiger partial charge in [-0.15, -0.1) is 22.7 Å². The lowest BCUT2D eigenvalue weighted by Gasteiger charge is -2.01. The Bertz CT molecular complexity index is 819. The molecule has 0 atom stereocenters. The second kappa shape index (κ2) is 5.50. The summed E-state index contributed by atoms with van der Waals surface area (Å²) in [5, 5.41) is 5.63. The van der Waals surface area contributed by atoms with Crippen LogP contribution in [0, 0.1) is 6.92 Å². The Kier molecular flexibility index (Phi) is 4.27. The van der Waals surface area contributed by atoms with E-state index in [1.807, 2.05) is 0 Å². The van der Waals surface area contributed by atoms with Gasteiger partial charge in [-0.1, -0.05) is 0 Å². The molecule has 0 unspecified atom stereocenters. The quantitative estimate of drug-likeness (QED) is 0.817. The predicted octanol–water partition coefficient (Wildman–Crippen LogP) is 0.639. The van der Waals surface area contributed by atoms with Gasteiger partial charge >= 0.3 is 0 Å². The summed E-state index contributed by atoms with van der Waals surface area (Å²) in [6.45, 7) is 1.71. The lowest BCUT2D eigenvalue weighted by atomic mass is 10.5. The molecule has 0 saturated carbocycles. The third kappa shape index (κ3) is 3.62. The summed E-state index contributed by atoms with van der Waals surface area (Å²) in [5.74, 6) is 0. The normalized spacial score (nSPS) is 12.7. The molecule has 110 valence electrons. The van der Waals surface area contributed by atoms with E-state index < -0.39 is 20.0 Å². The van der Waals surface area contributed by atoms with Crippen LogP contribution in [0.3, 0.4) is 0 Å². The minimum Gasteiger partial charge on any atom is -0.249 e. The Morgan fingerprint density at radius 2 is 1.90 bits per heavy atom. The zero-order valence-electron chi connectivity index (χ0n) is 10.2. The number of thiazole rings is 1. The van der Waals surface area contributed by atoms with Gasteiger partial charge in [0.1, 0.15) is 4.21 Å². The number of nitrogens with one attached hydrogen (secondary N) is 1. The van der Waals surface area contributed by atoms with Crippen LogP contribution in [0.2, 0.25) is 0 Å². The molecule has 2 rings (SSSR count). The van der Waals surface area contributed by atoms with Gasteiger partial charge in [-0.05, 0) is 19.1 Å². The van der Waals surface area contributed by atoms with E-state index in [0.717, 1.165) is 22.7 Å². The SMILES string of the molecule is Cc1ncc(S(=O)(=O)NCc2ccc(S(N)(=O)=O)s2)s1. The van der Waals surface area contributed by atoms with Crippen LogP contribution in [0.5, 0.6) is 0 Å². The second-order valence-corrected chi connectivity index (χ2v) is 9.97. The van der Waals surface area contributed by atoms with Crippen molar-refractivity contribution in [2.45, 2.75) is 21.9 Å². The number of aryl methyl sites for hydroxylation is 1. The Morgan fingerprint density at radius 1 is 1.20 bits per heavy atom. The summed E-state index contributed by atoms with van der Waals surface area (Å²) in [4.78, 5) is 4.43. The first kappa shape index (κ1) is 15.5. The number of primary sulfonamides is 1. The number of rotatable bonds is 5. The van der Waals surface area contributed by atoms with Crippen LogP contribution in [0.4, 0.5) is 0 Å². The number of hydrogen-bond donors (Lipinski definition) is 2. The molecule has 2 aromatic heterocycles. The van der Waals surface area contributed by atoms with Crippen molar-refractivity contribution in [3.63, 3.8) is 0 Å². The Hall–Kier alpha value is -0.850. The summed E-state index contributed by atoms with van der Waals surface area (Å²) in [6, 6.07) is 2.87. The molecule has 0 spiro atoms. The van der Waals surface area contributed by atoms with Crippen molar-refractivity contribution in [2.75, 3.05) is 0 Å². The molecular weight excluding hydrogens is 342 g/mol. The molecule has 0 saturated heterocycles. The summed E-state index contributed by atoms with van der Waals surface area (Å²) >= 11 is 1.99. The molecule has 0 amide bonds. The predicted molar refractivity (Wildman–Crippen MR) is 76.6 cm³/mol. The molecule has 0 aliphatic heterocycles. The highest BCUT2D eigenvalue weighted by atomic mass is 32.3. The van der Waals surface area contributed by atoms with Gasteiger partial charge in [-0.3, -0.25) is 0 Å². The lowest BCUT2D eigenvalue weighted by molar-refractivity contribution is 0.583. The van der Waals surface area contributed by atoms with E-state index in [2.05, 4.69) is 9.71 Å². The number of nitrogens with zero attached hydrogens (tertiary/aromatic N) is 1. The zero-order chi connectivity index (χ0) is 15.0. The van der Waals surface area contributed by atoms with Gasteiger partial charge < -0.3 is 0 Å². The molecule has 0 aliphatic rings. The van der Waals surface area contributed by atoms with Crippen molar-refractivity contribution in [3.05, 3.63) is 28.2 Å². The molecule has 0 fully saturated rings. The molecule has 0 radical (unpaired) electrons. The molecule has 0 aromatic carbocycles. The highest BCUT2D eigenvalue weighted by Gasteiger charge is 2.18. The number of nitrogens with two attached hydrogens (primary N) is 1. The van der Waals surface area contributed by atoms with E-state index in [4.69, 9.17) is 5.14 Å². The van der Waals surface area contributed by atoms with Gasteiger partial charge in [0.15, 0.2) is 4.21 Å². The first-order valence-corrected chi connectivity index (χ1v) is 9.88. The number of hydrogen-bond acceptors (Lipinski definition) is 7. The summed E-state index contributed by atoms with van der Waals surface area (Å²) in [7, 11) is -7.38. The number of aromatic nitrogens is 1. The molecule has 11 heteroatoms.